The number of rotatable bonds is 7. The molecule has 16 heavy (non-hydrogen) atoms. The lowest BCUT2D eigenvalue weighted by atomic mass is 10.2. The van der Waals surface area contributed by atoms with Gasteiger partial charge in [-0.2, -0.15) is 13.2 Å². The Kier molecular flexibility index (Phi) is 6.87. The first-order valence-corrected chi connectivity index (χ1v) is 5.18. The van der Waals surface area contributed by atoms with Gasteiger partial charge in [-0.05, 0) is 25.8 Å². The number of oxime groups is 1. The molecule has 0 amide bonds. The highest BCUT2D eigenvalue weighted by atomic mass is 19.4. The summed E-state index contributed by atoms with van der Waals surface area (Å²) in [6.45, 7) is 2.26. The fourth-order valence-corrected chi connectivity index (χ4v) is 1.25. The molecule has 7 heteroatoms. The number of amidine groups is 1. The van der Waals surface area contributed by atoms with Crippen molar-refractivity contribution < 1.29 is 18.4 Å². The van der Waals surface area contributed by atoms with Gasteiger partial charge in [-0.15, -0.1) is 0 Å². The topological polar surface area (TPSA) is 70.6 Å². The van der Waals surface area contributed by atoms with E-state index in [0.29, 0.717) is 19.4 Å². The number of nitrogens with one attached hydrogen (secondary N) is 1. The van der Waals surface area contributed by atoms with Crippen LogP contribution in [0.5, 0.6) is 0 Å². The van der Waals surface area contributed by atoms with Crippen molar-refractivity contribution in [3.05, 3.63) is 0 Å². The van der Waals surface area contributed by atoms with Crippen molar-refractivity contribution >= 4 is 5.84 Å². The Balaban J connectivity index is 3.65. The van der Waals surface area contributed by atoms with E-state index < -0.39 is 12.6 Å². The maximum absolute atomic E-state index is 11.8. The van der Waals surface area contributed by atoms with Crippen molar-refractivity contribution in [3.63, 3.8) is 0 Å². The Hall–Kier alpha value is -0.980. The molecule has 0 saturated carbocycles. The molecule has 0 aromatic carbocycles. The molecular weight excluding hydrogens is 223 g/mol. The number of nitrogens with zero attached hydrogens (tertiary/aromatic N) is 1. The van der Waals surface area contributed by atoms with Gasteiger partial charge in [-0.3, -0.25) is 0 Å². The molecule has 1 atom stereocenters. The lowest BCUT2D eigenvalue weighted by Gasteiger charge is -2.15. The van der Waals surface area contributed by atoms with Crippen LogP contribution in [0.15, 0.2) is 5.16 Å². The highest BCUT2D eigenvalue weighted by molar-refractivity contribution is 5.85. The summed E-state index contributed by atoms with van der Waals surface area (Å²) in [4.78, 5) is 0. The third-order valence-electron chi connectivity index (χ3n) is 2.16. The van der Waals surface area contributed by atoms with E-state index >= 15 is 0 Å². The fraction of sp³-hybridized carbons (Fsp3) is 0.889. The van der Waals surface area contributed by atoms with Crippen LogP contribution in [0.3, 0.4) is 0 Å². The smallest absolute Gasteiger partial charge is 0.389 e. The quantitative estimate of drug-likeness (QED) is 0.209. The molecule has 4 nitrogen and oxygen atoms in total. The van der Waals surface area contributed by atoms with E-state index in [-0.39, 0.29) is 18.3 Å². The van der Waals surface area contributed by atoms with E-state index in [2.05, 4.69) is 10.5 Å². The second-order valence-electron chi connectivity index (χ2n) is 3.51. The van der Waals surface area contributed by atoms with E-state index in [9.17, 15) is 13.2 Å². The minimum Gasteiger partial charge on any atom is -0.409 e. The van der Waals surface area contributed by atoms with Crippen LogP contribution < -0.4 is 11.1 Å². The normalized spacial score (nSPS) is 15.1. The highest BCUT2D eigenvalue weighted by Gasteiger charge is 2.25. The van der Waals surface area contributed by atoms with Crippen molar-refractivity contribution in [2.75, 3.05) is 6.54 Å². The van der Waals surface area contributed by atoms with Gasteiger partial charge in [0.2, 0.25) is 0 Å². The van der Waals surface area contributed by atoms with Gasteiger partial charge in [-0.1, -0.05) is 12.1 Å². The predicted molar refractivity (Wildman–Crippen MR) is 55.4 cm³/mol. The summed E-state index contributed by atoms with van der Waals surface area (Å²) in [6, 6.07) is -0.282. The van der Waals surface area contributed by atoms with Crippen molar-refractivity contribution in [1.29, 1.82) is 0 Å². The standard InChI is InChI=1S/C9H18F3N3O/c1-2-7(8(13)15-16)14-6-4-3-5-9(10,11)12/h7,14,16H,2-6H2,1H3,(H2,13,15). The van der Waals surface area contributed by atoms with Crippen LogP contribution in [0.2, 0.25) is 0 Å². The Morgan fingerprint density at radius 2 is 2.06 bits per heavy atom. The van der Waals surface area contributed by atoms with Gasteiger partial charge >= 0.3 is 6.18 Å². The molecule has 0 heterocycles. The van der Waals surface area contributed by atoms with Gasteiger partial charge in [0.1, 0.15) is 0 Å². The van der Waals surface area contributed by atoms with Crippen molar-refractivity contribution in [1.82, 2.24) is 5.32 Å². The molecule has 0 spiro atoms. The first kappa shape index (κ1) is 15.0. The van der Waals surface area contributed by atoms with Crippen LogP contribution >= 0.6 is 0 Å². The van der Waals surface area contributed by atoms with Gasteiger partial charge < -0.3 is 16.3 Å². The molecule has 1 unspecified atom stereocenters. The first-order valence-electron chi connectivity index (χ1n) is 5.18. The monoisotopic (exact) mass is 241 g/mol. The van der Waals surface area contributed by atoms with Gasteiger partial charge in [0.05, 0.1) is 6.04 Å². The molecule has 0 bridgehead atoms. The molecule has 0 aliphatic rings. The van der Waals surface area contributed by atoms with E-state index in [1.54, 1.807) is 0 Å². The fourth-order valence-electron chi connectivity index (χ4n) is 1.25. The van der Waals surface area contributed by atoms with E-state index in [0.717, 1.165) is 0 Å². The lowest BCUT2D eigenvalue weighted by molar-refractivity contribution is -0.135. The zero-order valence-corrected chi connectivity index (χ0v) is 9.22. The van der Waals surface area contributed by atoms with Crippen LogP contribution in [0.25, 0.3) is 0 Å². The largest absolute Gasteiger partial charge is 0.409 e. The van der Waals surface area contributed by atoms with Crippen LogP contribution in [-0.4, -0.2) is 29.8 Å². The number of nitrogens with two attached hydrogens (primary N) is 1. The van der Waals surface area contributed by atoms with Crippen LogP contribution in [0, 0.1) is 0 Å². The zero-order chi connectivity index (χ0) is 12.6. The molecule has 0 aliphatic heterocycles. The second-order valence-corrected chi connectivity index (χ2v) is 3.51. The number of hydrogen-bond donors (Lipinski definition) is 3. The summed E-state index contributed by atoms with van der Waals surface area (Å²) in [7, 11) is 0. The third kappa shape index (κ3) is 7.33. The molecule has 0 rings (SSSR count). The number of hydrogen-bond acceptors (Lipinski definition) is 3. The molecule has 0 aliphatic carbocycles. The minimum absolute atomic E-state index is 0.0540. The summed E-state index contributed by atoms with van der Waals surface area (Å²) in [5.41, 5.74) is 5.37. The average Bonchev–Trinajstić information content (AvgIpc) is 2.21. The van der Waals surface area contributed by atoms with E-state index in [4.69, 9.17) is 10.9 Å². The zero-order valence-electron chi connectivity index (χ0n) is 9.22. The average molecular weight is 241 g/mol. The molecule has 0 fully saturated rings. The molecule has 0 aromatic heterocycles. The summed E-state index contributed by atoms with van der Waals surface area (Å²) in [5.74, 6) is 0.0540. The van der Waals surface area contributed by atoms with E-state index in [1.807, 2.05) is 6.92 Å². The lowest BCUT2D eigenvalue weighted by Crippen LogP contribution is -2.41. The highest BCUT2D eigenvalue weighted by Crippen LogP contribution is 2.21. The van der Waals surface area contributed by atoms with Crippen LogP contribution in [0.4, 0.5) is 13.2 Å². The summed E-state index contributed by atoms with van der Waals surface area (Å²) in [5, 5.41) is 14.2. The number of unbranched alkanes of at least 4 members (excludes halogenated alkanes) is 1. The van der Waals surface area contributed by atoms with Crippen molar-refractivity contribution in [3.8, 4) is 0 Å². The minimum atomic E-state index is -4.09. The summed E-state index contributed by atoms with van der Waals surface area (Å²) in [6.07, 6.45) is -3.74. The van der Waals surface area contributed by atoms with Gasteiger partial charge in [0, 0.05) is 6.42 Å². The van der Waals surface area contributed by atoms with Crippen molar-refractivity contribution in [2.45, 2.75) is 44.8 Å². The van der Waals surface area contributed by atoms with E-state index in [1.165, 1.54) is 0 Å². The van der Waals surface area contributed by atoms with Gasteiger partial charge in [0.25, 0.3) is 0 Å². The maximum atomic E-state index is 11.8. The number of alkyl halides is 3. The first-order chi connectivity index (χ1) is 7.40. The molecule has 0 saturated heterocycles. The molecule has 0 aromatic rings. The Labute approximate surface area is 92.7 Å². The summed E-state index contributed by atoms with van der Waals surface area (Å²) < 4.78 is 35.4. The van der Waals surface area contributed by atoms with Crippen molar-refractivity contribution in [2.24, 2.45) is 10.9 Å². The van der Waals surface area contributed by atoms with Gasteiger partial charge in [-0.25, -0.2) is 0 Å². The predicted octanol–water partition coefficient (Wildman–Crippen LogP) is 1.83. The Bertz CT molecular complexity index is 219. The Morgan fingerprint density at radius 1 is 1.44 bits per heavy atom. The SMILES string of the molecule is CCC(NCCCCC(F)(F)F)C(N)=NO. The number of halogens is 3. The Morgan fingerprint density at radius 3 is 2.50 bits per heavy atom. The summed E-state index contributed by atoms with van der Waals surface area (Å²) >= 11 is 0. The molecular formula is C9H18F3N3O. The van der Waals surface area contributed by atoms with Crippen LogP contribution in [0.1, 0.15) is 32.6 Å². The maximum Gasteiger partial charge on any atom is 0.389 e. The second kappa shape index (κ2) is 7.32. The molecule has 4 N–H and O–H groups in total. The third-order valence-corrected chi connectivity index (χ3v) is 2.16. The molecule has 96 valence electrons. The van der Waals surface area contributed by atoms with Crippen LogP contribution in [-0.2, 0) is 0 Å². The molecule has 0 radical (unpaired) electrons. The van der Waals surface area contributed by atoms with Gasteiger partial charge in [0.15, 0.2) is 5.84 Å².